The Morgan fingerprint density at radius 3 is 2.28 bits per heavy atom. The molecule has 6 aromatic rings. The van der Waals surface area contributed by atoms with Crippen molar-refractivity contribution in [2.24, 2.45) is 11.8 Å². The molecular weight excluding hydrogens is 817 g/mol. The monoisotopic (exact) mass is 878 g/mol. The van der Waals surface area contributed by atoms with E-state index in [0.29, 0.717) is 18.3 Å². The molecule has 13 nitrogen and oxygen atoms in total. The summed E-state index contributed by atoms with van der Waals surface area (Å²) < 4.78 is 5.83. The lowest BCUT2D eigenvalue weighted by Gasteiger charge is -2.39. The lowest BCUT2D eigenvalue weighted by atomic mass is 9.84. The van der Waals surface area contributed by atoms with Gasteiger partial charge < -0.3 is 29.6 Å². The van der Waals surface area contributed by atoms with Crippen LogP contribution < -0.4 is 4.74 Å². The summed E-state index contributed by atoms with van der Waals surface area (Å²) in [5.74, 6) is 2.50. The Hall–Kier alpha value is -6.21. The Labute approximate surface area is 381 Å². The quantitative estimate of drug-likeness (QED) is 0.104. The van der Waals surface area contributed by atoms with Crippen LogP contribution in [0, 0.1) is 11.8 Å². The molecular formula is C52H62N8O5. The molecule has 0 bridgehead atoms. The molecule has 0 spiro atoms. The lowest BCUT2D eigenvalue weighted by molar-refractivity contribution is -0.141. The predicted octanol–water partition coefficient (Wildman–Crippen LogP) is 9.99. The third-order valence-electron chi connectivity index (χ3n) is 14.5. The summed E-state index contributed by atoms with van der Waals surface area (Å²) in [6.45, 7) is 10.0. The van der Waals surface area contributed by atoms with Gasteiger partial charge in [-0.2, -0.15) is 0 Å². The van der Waals surface area contributed by atoms with Gasteiger partial charge in [-0.05, 0) is 109 Å². The van der Waals surface area contributed by atoms with Gasteiger partial charge in [-0.3, -0.25) is 19.4 Å². The number of aromatic nitrogens is 4. The van der Waals surface area contributed by atoms with Crippen LogP contribution in [-0.4, -0.2) is 108 Å². The van der Waals surface area contributed by atoms with Crippen molar-refractivity contribution in [2.75, 3.05) is 33.8 Å². The molecule has 3 N–H and O–H groups in total. The number of amides is 3. The van der Waals surface area contributed by atoms with Gasteiger partial charge in [0.1, 0.15) is 29.5 Å². The maximum atomic E-state index is 15.2. The highest BCUT2D eigenvalue weighted by Gasteiger charge is 2.49. The third-order valence-corrected chi connectivity index (χ3v) is 14.5. The fourth-order valence-corrected chi connectivity index (χ4v) is 11.2. The van der Waals surface area contributed by atoms with Crippen molar-refractivity contribution < 1.29 is 24.2 Å². The Balaban J connectivity index is 0.962. The van der Waals surface area contributed by atoms with Crippen LogP contribution in [0.3, 0.4) is 0 Å². The lowest BCUT2D eigenvalue weighted by Crippen LogP contribution is -2.51. The van der Waals surface area contributed by atoms with Gasteiger partial charge in [0.15, 0.2) is 0 Å². The molecule has 4 heterocycles. The van der Waals surface area contributed by atoms with Crippen molar-refractivity contribution in [1.29, 1.82) is 0 Å². The van der Waals surface area contributed by atoms with E-state index in [9.17, 15) is 14.7 Å². The van der Waals surface area contributed by atoms with Gasteiger partial charge in [-0.1, -0.05) is 89.1 Å². The van der Waals surface area contributed by atoms with Crippen LogP contribution in [-0.2, 0) is 9.59 Å². The number of likely N-dealkylation sites (N-methyl/N-ethyl adjacent to an activating group) is 2. The Morgan fingerprint density at radius 2 is 1.54 bits per heavy atom. The highest BCUT2D eigenvalue weighted by atomic mass is 16.5. The van der Waals surface area contributed by atoms with E-state index in [1.807, 2.05) is 44.3 Å². The molecule has 2 saturated heterocycles. The van der Waals surface area contributed by atoms with Crippen LogP contribution in [0.2, 0.25) is 0 Å². The molecule has 2 aliphatic heterocycles. The summed E-state index contributed by atoms with van der Waals surface area (Å²) in [6, 6.07) is 25.8. The molecule has 1 saturated carbocycles. The first-order valence-corrected chi connectivity index (χ1v) is 23.5. The van der Waals surface area contributed by atoms with Crippen molar-refractivity contribution in [3.05, 3.63) is 102 Å². The number of aromatic amines is 2. The van der Waals surface area contributed by atoms with Gasteiger partial charge in [0.25, 0.3) is 0 Å². The first kappa shape index (κ1) is 44.0. The van der Waals surface area contributed by atoms with Crippen molar-refractivity contribution in [1.82, 2.24) is 39.5 Å². The van der Waals surface area contributed by atoms with Gasteiger partial charge in [-0.15, -0.1) is 0 Å². The van der Waals surface area contributed by atoms with E-state index in [2.05, 4.69) is 88.2 Å². The molecule has 340 valence electrons. The molecule has 3 aliphatic rings. The van der Waals surface area contributed by atoms with Crippen molar-refractivity contribution >= 4 is 39.7 Å². The van der Waals surface area contributed by atoms with Gasteiger partial charge in [-0.25, -0.2) is 14.8 Å². The Morgan fingerprint density at radius 1 is 0.831 bits per heavy atom. The molecule has 1 aliphatic carbocycles. The molecule has 0 unspecified atom stereocenters. The number of carboxylic acid groups (broad SMARTS) is 1. The smallest absolute Gasteiger partial charge is 0.407 e. The third kappa shape index (κ3) is 8.24. The first-order chi connectivity index (χ1) is 31.5. The fraction of sp³-hybridized carbons (Fsp3) is 0.442. The van der Waals surface area contributed by atoms with E-state index in [4.69, 9.17) is 14.7 Å². The van der Waals surface area contributed by atoms with E-state index < -0.39 is 18.2 Å². The average molecular weight is 879 g/mol. The topological polar surface area (TPSA) is 151 Å². The van der Waals surface area contributed by atoms with E-state index in [1.54, 1.807) is 12.0 Å². The minimum absolute atomic E-state index is 0.126. The van der Waals surface area contributed by atoms with Gasteiger partial charge in [0.2, 0.25) is 11.8 Å². The number of imidazole rings is 2. The number of hydrogen-bond donors (Lipinski definition) is 3. The molecule has 6 atom stereocenters. The summed E-state index contributed by atoms with van der Waals surface area (Å²) in [4.78, 5) is 65.3. The summed E-state index contributed by atoms with van der Waals surface area (Å²) in [5.41, 5.74) is 6.76. The zero-order valence-corrected chi connectivity index (χ0v) is 38.5. The number of fused-ring (bicyclic) bond motifs is 3. The fourth-order valence-electron chi connectivity index (χ4n) is 11.2. The van der Waals surface area contributed by atoms with Crippen LogP contribution >= 0.6 is 0 Å². The maximum Gasteiger partial charge on any atom is 0.407 e. The number of methoxy groups -OCH3 is 1. The van der Waals surface area contributed by atoms with Crippen LogP contribution in [0.5, 0.6) is 5.75 Å². The number of para-hydroxylation sites is 1. The summed E-state index contributed by atoms with van der Waals surface area (Å²) in [5, 5.41) is 11.9. The highest BCUT2D eigenvalue weighted by Crippen LogP contribution is 2.48. The molecule has 9 rings (SSSR count). The molecule has 2 aromatic heterocycles. The largest absolute Gasteiger partial charge is 0.496 e. The summed E-state index contributed by atoms with van der Waals surface area (Å²) >= 11 is 0. The first-order valence-electron chi connectivity index (χ1n) is 23.5. The van der Waals surface area contributed by atoms with Crippen molar-refractivity contribution in [2.45, 2.75) is 103 Å². The van der Waals surface area contributed by atoms with Crippen molar-refractivity contribution in [3.63, 3.8) is 0 Å². The minimum Gasteiger partial charge on any atom is -0.496 e. The number of ether oxygens (including phenoxy) is 1. The Kier molecular flexibility index (Phi) is 12.4. The number of hydrogen-bond acceptors (Lipinski definition) is 7. The minimum atomic E-state index is -1.12. The molecule has 3 fully saturated rings. The molecule has 4 aromatic carbocycles. The predicted molar refractivity (Wildman–Crippen MR) is 253 cm³/mol. The maximum absolute atomic E-state index is 15.2. The number of rotatable bonds is 13. The van der Waals surface area contributed by atoms with E-state index in [1.165, 1.54) is 13.5 Å². The SMILES string of the molecule is CCN(CC)[C@@H](C(=O)N1[C@H](c2nc3ccc(-c4ccc5cc(-c6cnc([C@@H]7CCCN7C(=O)[C@H](C(C)C)N(C)C(=O)O)[nH]6)ccc5c4)cc3[nH]2)C[C@@H]2CCCC[C@@H]21)c1ccccc1OC. The normalized spacial score (nSPS) is 20.7. The van der Waals surface area contributed by atoms with E-state index in [-0.39, 0.29) is 35.9 Å². The average Bonchev–Trinajstić information content (AvgIpc) is 4.15. The van der Waals surface area contributed by atoms with Crippen LogP contribution in [0.1, 0.15) is 108 Å². The van der Waals surface area contributed by atoms with Crippen molar-refractivity contribution in [3.8, 4) is 28.1 Å². The second-order valence-corrected chi connectivity index (χ2v) is 18.6. The number of nitrogens with zero attached hydrogens (tertiary/aromatic N) is 6. The van der Waals surface area contributed by atoms with Gasteiger partial charge >= 0.3 is 6.09 Å². The molecule has 3 amide bonds. The second kappa shape index (κ2) is 18.3. The summed E-state index contributed by atoms with van der Waals surface area (Å²) in [6.07, 6.45) is 7.65. The van der Waals surface area contributed by atoms with Crippen LogP contribution in [0.4, 0.5) is 4.79 Å². The number of likely N-dealkylation sites (tertiary alicyclic amines) is 2. The van der Waals surface area contributed by atoms with E-state index in [0.717, 1.165) is 118 Å². The zero-order valence-electron chi connectivity index (χ0n) is 38.5. The molecule has 0 radical (unpaired) electrons. The van der Waals surface area contributed by atoms with Gasteiger partial charge in [0.05, 0.1) is 42.1 Å². The standard InChI is InChI=1S/C52H62N8O5/c1-7-58(8-2)47(38-15-10-12-18-45(38)65-6)51(62)60-42-16-11-9-14-37(42)29-44(60)49-54-39-24-23-35(28-40(39)55-49)33-19-20-34-27-36(22-21-32(34)26-33)41-30-53-48(56-41)43-17-13-25-59(43)50(61)46(31(3)4)57(5)52(63)64/h10,12,15,18-24,26-28,30-31,37,42-44,46-47H,7-9,11,13-14,16-17,25,29H2,1-6H3,(H,53,56)(H,54,55)(H,63,64)/t37-,42-,43-,44-,46-,47+/m0/s1. The second-order valence-electron chi connectivity index (χ2n) is 18.6. The van der Waals surface area contributed by atoms with E-state index >= 15 is 4.79 Å². The molecule has 13 heteroatoms. The number of H-pyrrole nitrogens is 2. The Bertz CT molecular complexity index is 2700. The highest BCUT2D eigenvalue weighted by molar-refractivity contribution is 5.92. The number of nitrogens with one attached hydrogen (secondary N) is 2. The summed E-state index contributed by atoms with van der Waals surface area (Å²) in [7, 11) is 3.14. The number of carbonyl (C=O) groups is 3. The molecule has 65 heavy (non-hydrogen) atoms. The van der Waals surface area contributed by atoms with Crippen LogP contribution in [0.15, 0.2) is 85.1 Å². The zero-order chi connectivity index (χ0) is 45.5. The number of carbonyl (C=O) groups excluding carboxylic acids is 2. The number of benzene rings is 4. The van der Waals surface area contributed by atoms with Crippen LogP contribution in [0.25, 0.3) is 44.2 Å². The van der Waals surface area contributed by atoms with Gasteiger partial charge in [0, 0.05) is 30.8 Å².